The molecule has 0 spiro atoms. The predicted molar refractivity (Wildman–Crippen MR) is 97.8 cm³/mol. The lowest BCUT2D eigenvalue weighted by atomic mass is 10.1. The molecular formula is C17H18N2O4S2. The van der Waals surface area contributed by atoms with Gasteiger partial charge in [-0.3, -0.25) is 9.59 Å². The van der Waals surface area contributed by atoms with Crippen molar-refractivity contribution in [2.45, 2.75) is 6.42 Å². The summed E-state index contributed by atoms with van der Waals surface area (Å²) in [5.41, 5.74) is 1.08. The number of hydrogen-bond acceptors (Lipinski definition) is 5. The van der Waals surface area contributed by atoms with Gasteiger partial charge < -0.3 is 10.6 Å². The summed E-state index contributed by atoms with van der Waals surface area (Å²) in [6, 6.07) is 10.1. The third kappa shape index (κ3) is 4.67. The maximum Gasteiger partial charge on any atom is 0.265 e. The van der Waals surface area contributed by atoms with Crippen LogP contribution < -0.4 is 10.6 Å². The zero-order valence-corrected chi connectivity index (χ0v) is 15.0. The Balaban J connectivity index is 1.53. The molecule has 1 aromatic heterocycles. The van der Waals surface area contributed by atoms with Gasteiger partial charge in [0, 0.05) is 17.8 Å². The number of nitrogens with one attached hydrogen (secondary N) is 2. The Labute approximate surface area is 150 Å². The van der Waals surface area contributed by atoms with Gasteiger partial charge in [0.05, 0.1) is 16.4 Å². The van der Waals surface area contributed by atoms with Crippen LogP contribution in [0.1, 0.15) is 26.5 Å². The predicted octanol–water partition coefficient (Wildman–Crippen LogP) is 2.16. The monoisotopic (exact) mass is 378 g/mol. The molecule has 8 heteroatoms. The normalized spacial score (nSPS) is 18.6. The van der Waals surface area contributed by atoms with Gasteiger partial charge in [0.15, 0.2) is 9.84 Å². The Morgan fingerprint density at radius 2 is 1.88 bits per heavy atom. The molecule has 3 rings (SSSR count). The van der Waals surface area contributed by atoms with Crippen LogP contribution in [-0.2, 0) is 9.84 Å². The summed E-state index contributed by atoms with van der Waals surface area (Å²) >= 11 is 1.36. The molecule has 0 bridgehead atoms. The highest BCUT2D eigenvalue weighted by Crippen LogP contribution is 2.18. The second-order valence-electron chi connectivity index (χ2n) is 5.99. The fourth-order valence-corrected chi connectivity index (χ4v) is 5.16. The fourth-order valence-electron chi connectivity index (χ4n) is 2.68. The molecule has 6 nitrogen and oxygen atoms in total. The molecule has 1 unspecified atom stereocenters. The molecule has 2 amide bonds. The minimum atomic E-state index is -2.93. The van der Waals surface area contributed by atoms with Crippen LogP contribution in [0.15, 0.2) is 41.8 Å². The van der Waals surface area contributed by atoms with Crippen molar-refractivity contribution in [1.29, 1.82) is 0 Å². The van der Waals surface area contributed by atoms with Crippen molar-refractivity contribution in [3.05, 3.63) is 52.2 Å². The molecule has 1 saturated heterocycles. The summed E-state index contributed by atoms with van der Waals surface area (Å²) in [6.45, 7) is 0.356. The fraction of sp³-hybridized carbons (Fsp3) is 0.294. The van der Waals surface area contributed by atoms with Crippen molar-refractivity contribution in [3.8, 4) is 0 Å². The molecule has 1 aliphatic rings. The summed E-state index contributed by atoms with van der Waals surface area (Å²) < 4.78 is 22.8. The van der Waals surface area contributed by atoms with E-state index in [4.69, 9.17) is 0 Å². The standard InChI is InChI=1S/C17H18N2O4S2/c20-16(18-10-12-7-9-25(22,23)11-12)13-3-5-14(6-4-13)19-17(21)15-2-1-8-24-15/h1-6,8,12H,7,9-11H2,(H,18,20)(H,19,21). The third-order valence-electron chi connectivity index (χ3n) is 4.03. The van der Waals surface area contributed by atoms with Crippen molar-refractivity contribution in [3.63, 3.8) is 0 Å². The van der Waals surface area contributed by atoms with Gasteiger partial charge in [0.25, 0.3) is 11.8 Å². The minimum Gasteiger partial charge on any atom is -0.352 e. The first kappa shape index (κ1) is 17.6. The van der Waals surface area contributed by atoms with Gasteiger partial charge in [0.1, 0.15) is 0 Å². The van der Waals surface area contributed by atoms with Gasteiger partial charge in [-0.15, -0.1) is 11.3 Å². The van der Waals surface area contributed by atoms with Crippen LogP contribution in [0.2, 0.25) is 0 Å². The maximum absolute atomic E-state index is 12.1. The topological polar surface area (TPSA) is 92.3 Å². The number of thiophene rings is 1. The lowest BCUT2D eigenvalue weighted by Gasteiger charge is -2.10. The zero-order valence-electron chi connectivity index (χ0n) is 13.4. The molecule has 0 saturated carbocycles. The minimum absolute atomic E-state index is 0.0155. The highest BCUT2D eigenvalue weighted by atomic mass is 32.2. The maximum atomic E-state index is 12.1. The highest BCUT2D eigenvalue weighted by Gasteiger charge is 2.27. The van der Waals surface area contributed by atoms with Crippen molar-refractivity contribution in [1.82, 2.24) is 5.32 Å². The van der Waals surface area contributed by atoms with E-state index < -0.39 is 9.84 Å². The molecule has 1 fully saturated rings. The van der Waals surface area contributed by atoms with Gasteiger partial charge in [-0.2, -0.15) is 0 Å². The number of amides is 2. The van der Waals surface area contributed by atoms with Crippen LogP contribution in [0, 0.1) is 5.92 Å². The number of sulfone groups is 1. The number of benzene rings is 1. The van der Waals surface area contributed by atoms with Crippen LogP contribution in [0.5, 0.6) is 0 Å². The molecule has 132 valence electrons. The van der Waals surface area contributed by atoms with Crippen molar-refractivity contribution >= 4 is 38.7 Å². The van der Waals surface area contributed by atoms with Crippen molar-refractivity contribution < 1.29 is 18.0 Å². The Kier molecular flexibility index (Phi) is 5.19. The summed E-state index contributed by atoms with van der Waals surface area (Å²) in [4.78, 5) is 24.7. The summed E-state index contributed by atoms with van der Waals surface area (Å²) in [6.07, 6.45) is 0.594. The molecular weight excluding hydrogens is 360 g/mol. The third-order valence-corrected chi connectivity index (χ3v) is 6.73. The summed E-state index contributed by atoms with van der Waals surface area (Å²) in [5, 5.41) is 7.37. The van der Waals surface area contributed by atoms with E-state index in [-0.39, 0.29) is 29.2 Å². The van der Waals surface area contributed by atoms with Crippen LogP contribution in [0.3, 0.4) is 0 Å². The lowest BCUT2D eigenvalue weighted by Crippen LogP contribution is -2.29. The SMILES string of the molecule is O=C(NCC1CCS(=O)(=O)C1)c1ccc(NC(=O)c2cccs2)cc1. The Hall–Kier alpha value is -2.19. The quantitative estimate of drug-likeness (QED) is 0.834. The molecule has 2 N–H and O–H groups in total. The first-order valence-corrected chi connectivity index (χ1v) is 10.6. The number of anilines is 1. The Bertz CT molecular complexity index is 859. The molecule has 1 aliphatic heterocycles. The first-order valence-electron chi connectivity index (χ1n) is 7.86. The Morgan fingerprint density at radius 1 is 1.12 bits per heavy atom. The van der Waals surface area contributed by atoms with E-state index in [1.54, 1.807) is 30.3 Å². The molecule has 0 aliphatic carbocycles. The number of rotatable bonds is 5. The van der Waals surface area contributed by atoms with E-state index in [1.807, 2.05) is 11.4 Å². The van der Waals surface area contributed by atoms with E-state index in [0.29, 0.717) is 29.1 Å². The number of hydrogen-bond donors (Lipinski definition) is 2. The number of carbonyl (C=O) groups excluding carboxylic acids is 2. The van der Waals surface area contributed by atoms with Crippen molar-refractivity contribution in [2.75, 3.05) is 23.4 Å². The average Bonchev–Trinajstić information content (AvgIpc) is 3.23. The molecule has 1 atom stereocenters. The van der Waals surface area contributed by atoms with Gasteiger partial charge in [0.2, 0.25) is 0 Å². The van der Waals surface area contributed by atoms with Gasteiger partial charge in [-0.1, -0.05) is 6.07 Å². The van der Waals surface area contributed by atoms with Gasteiger partial charge in [-0.25, -0.2) is 8.42 Å². The average molecular weight is 378 g/mol. The van der Waals surface area contributed by atoms with E-state index in [0.717, 1.165) is 0 Å². The van der Waals surface area contributed by atoms with Crippen LogP contribution in [0.4, 0.5) is 5.69 Å². The van der Waals surface area contributed by atoms with Gasteiger partial charge in [-0.05, 0) is 48.1 Å². The smallest absolute Gasteiger partial charge is 0.265 e. The summed E-state index contributed by atoms with van der Waals surface area (Å²) in [5.74, 6) is -0.110. The van der Waals surface area contributed by atoms with Crippen molar-refractivity contribution in [2.24, 2.45) is 5.92 Å². The largest absolute Gasteiger partial charge is 0.352 e. The number of carbonyl (C=O) groups is 2. The summed E-state index contributed by atoms with van der Waals surface area (Å²) in [7, 11) is -2.93. The zero-order chi connectivity index (χ0) is 17.9. The van der Waals surface area contributed by atoms with E-state index >= 15 is 0 Å². The second-order valence-corrected chi connectivity index (χ2v) is 9.16. The molecule has 1 aromatic carbocycles. The molecule has 2 aromatic rings. The molecule has 0 radical (unpaired) electrons. The molecule has 25 heavy (non-hydrogen) atoms. The first-order chi connectivity index (χ1) is 11.9. The molecule has 2 heterocycles. The van der Waals surface area contributed by atoms with E-state index in [1.165, 1.54) is 11.3 Å². The highest BCUT2D eigenvalue weighted by molar-refractivity contribution is 7.91. The second kappa shape index (κ2) is 7.37. The van der Waals surface area contributed by atoms with Crippen LogP contribution in [-0.4, -0.2) is 38.3 Å². The van der Waals surface area contributed by atoms with E-state index in [2.05, 4.69) is 10.6 Å². The van der Waals surface area contributed by atoms with Gasteiger partial charge >= 0.3 is 0 Å². The Morgan fingerprint density at radius 3 is 2.48 bits per heavy atom. The lowest BCUT2D eigenvalue weighted by molar-refractivity contribution is 0.0948. The van der Waals surface area contributed by atoms with E-state index in [9.17, 15) is 18.0 Å². The van der Waals surface area contributed by atoms with Crippen LogP contribution in [0.25, 0.3) is 0 Å². The van der Waals surface area contributed by atoms with Crippen LogP contribution >= 0.6 is 11.3 Å².